The monoisotopic (exact) mass is 350 g/mol. The van der Waals surface area contributed by atoms with Gasteiger partial charge in [-0.15, -0.1) is 0 Å². The van der Waals surface area contributed by atoms with Crippen LogP contribution < -0.4 is 5.32 Å². The minimum Gasteiger partial charge on any atom is -0.444 e. The second kappa shape index (κ2) is 8.54. The molecule has 1 aliphatic heterocycles. The van der Waals surface area contributed by atoms with Gasteiger partial charge in [0.05, 0.1) is 25.9 Å². The van der Waals surface area contributed by atoms with Crippen LogP contribution in [0.15, 0.2) is 24.3 Å². The van der Waals surface area contributed by atoms with Gasteiger partial charge in [0.1, 0.15) is 5.60 Å². The number of aliphatic hydroxyl groups is 1. The molecule has 0 radical (unpaired) electrons. The Morgan fingerprint density at radius 1 is 1.44 bits per heavy atom. The highest BCUT2D eigenvalue weighted by Gasteiger charge is 2.31. The molecule has 140 valence electrons. The molecule has 1 amide bonds. The molecule has 1 aromatic rings. The number of ether oxygens (including phenoxy) is 2. The lowest BCUT2D eigenvalue weighted by Gasteiger charge is -2.38. The molecular weight excluding hydrogens is 320 g/mol. The molecule has 6 nitrogen and oxygen atoms in total. The van der Waals surface area contributed by atoms with Crippen molar-refractivity contribution in [1.29, 1.82) is 0 Å². The summed E-state index contributed by atoms with van der Waals surface area (Å²) in [5.74, 6) is 0. The number of nitrogens with zero attached hydrogens (tertiary/aromatic N) is 1. The quantitative estimate of drug-likeness (QED) is 0.854. The van der Waals surface area contributed by atoms with Crippen molar-refractivity contribution in [2.75, 3.05) is 25.1 Å². The van der Waals surface area contributed by atoms with Gasteiger partial charge in [-0.3, -0.25) is 0 Å². The fourth-order valence-electron chi connectivity index (χ4n) is 2.94. The highest BCUT2D eigenvalue weighted by atomic mass is 16.6. The van der Waals surface area contributed by atoms with E-state index in [0.717, 1.165) is 17.7 Å². The van der Waals surface area contributed by atoms with Crippen LogP contribution in [0.2, 0.25) is 0 Å². The zero-order valence-electron chi connectivity index (χ0n) is 15.6. The molecule has 2 atom stereocenters. The number of amides is 1. The summed E-state index contributed by atoms with van der Waals surface area (Å²) < 4.78 is 11.1. The summed E-state index contributed by atoms with van der Waals surface area (Å²) in [5, 5.41) is 12.9. The van der Waals surface area contributed by atoms with Gasteiger partial charge in [-0.2, -0.15) is 0 Å². The standard InChI is InChI=1S/C19H30N2O4/c1-14(20-17-8-6-5-7-15(17)12-22)11-16-13-24-10-9-21(16)18(23)25-19(2,3)4/h5-8,14,16,20,22H,9-13H2,1-4H3. The molecule has 1 heterocycles. The van der Waals surface area contributed by atoms with E-state index in [2.05, 4.69) is 12.2 Å². The summed E-state index contributed by atoms with van der Waals surface area (Å²) in [6.45, 7) is 9.25. The summed E-state index contributed by atoms with van der Waals surface area (Å²) in [7, 11) is 0. The summed E-state index contributed by atoms with van der Waals surface area (Å²) in [4.78, 5) is 14.2. The third kappa shape index (κ3) is 5.90. The summed E-state index contributed by atoms with van der Waals surface area (Å²) in [6.07, 6.45) is 0.447. The molecule has 0 aromatic heterocycles. The van der Waals surface area contributed by atoms with Gasteiger partial charge in [-0.1, -0.05) is 18.2 Å². The molecule has 25 heavy (non-hydrogen) atoms. The van der Waals surface area contributed by atoms with Crippen molar-refractivity contribution in [2.24, 2.45) is 0 Å². The fraction of sp³-hybridized carbons (Fsp3) is 0.632. The SMILES string of the molecule is CC(CC1COCCN1C(=O)OC(C)(C)C)Nc1ccccc1CO. The number of hydrogen-bond acceptors (Lipinski definition) is 5. The summed E-state index contributed by atoms with van der Waals surface area (Å²) >= 11 is 0. The van der Waals surface area contributed by atoms with Crippen LogP contribution >= 0.6 is 0 Å². The Morgan fingerprint density at radius 2 is 2.16 bits per heavy atom. The number of benzene rings is 1. The Labute approximate surface area is 150 Å². The lowest BCUT2D eigenvalue weighted by molar-refractivity contribution is -0.0345. The van der Waals surface area contributed by atoms with E-state index in [1.54, 1.807) is 4.90 Å². The molecule has 2 N–H and O–H groups in total. The Bertz CT molecular complexity index is 571. The Kier molecular flexibility index (Phi) is 6.67. The molecule has 2 rings (SSSR count). The number of nitrogens with one attached hydrogen (secondary N) is 1. The third-order valence-electron chi connectivity index (χ3n) is 4.07. The van der Waals surface area contributed by atoms with Crippen molar-refractivity contribution in [3.8, 4) is 0 Å². The number of morpholine rings is 1. The van der Waals surface area contributed by atoms with E-state index in [0.29, 0.717) is 19.8 Å². The number of para-hydroxylation sites is 1. The normalized spacial score (nSPS) is 19.4. The van der Waals surface area contributed by atoms with Crippen LogP contribution in [0.25, 0.3) is 0 Å². The predicted octanol–water partition coefficient (Wildman–Crippen LogP) is 3.01. The lowest BCUT2D eigenvalue weighted by atomic mass is 10.1. The molecule has 0 saturated carbocycles. The second-order valence-electron chi connectivity index (χ2n) is 7.50. The molecule has 0 spiro atoms. The van der Waals surface area contributed by atoms with E-state index in [1.165, 1.54) is 0 Å². The van der Waals surface area contributed by atoms with Gasteiger partial charge < -0.3 is 24.8 Å². The van der Waals surface area contributed by atoms with Gasteiger partial charge in [0, 0.05) is 23.8 Å². The van der Waals surface area contributed by atoms with Crippen molar-refractivity contribution in [1.82, 2.24) is 4.90 Å². The molecule has 1 aromatic carbocycles. The average molecular weight is 350 g/mol. The van der Waals surface area contributed by atoms with Crippen molar-refractivity contribution in [3.05, 3.63) is 29.8 Å². The Hall–Kier alpha value is -1.79. The van der Waals surface area contributed by atoms with Crippen molar-refractivity contribution < 1.29 is 19.4 Å². The third-order valence-corrected chi connectivity index (χ3v) is 4.07. The maximum absolute atomic E-state index is 12.5. The van der Waals surface area contributed by atoms with Crippen molar-refractivity contribution >= 4 is 11.8 Å². The molecule has 0 bridgehead atoms. The number of hydrogen-bond donors (Lipinski definition) is 2. The number of aliphatic hydroxyl groups excluding tert-OH is 1. The highest BCUT2D eigenvalue weighted by Crippen LogP contribution is 2.21. The zero-order valence-corrected chi connectivity index (χ0v) is 15.6. The van der Waals surface area contributed by atoms with E-state index < -0.39 is 5.60 Å². The Balaban J connectivity index is 1.99. The smallest absolute Gasteiger partial charge is 0.410 e. The summed E-state index contributed by atoms with van der Waals surface area (Å²) in [6, 6.07) is 7.76. The van der Waals surface area contributed by atoms with E-state index in [1.807, 2.05) is 45.0 Å². The first-order chi connectivity index (χ1) is 11.8. The van der Waals surface area contributed by atoms with Gasteiger partial charge in [-0.05, 0) is 40.2 Å². The number of carbonyl (C=O) groups excluding carboxylic acids is 1. The van der Waals surface area contributed by atoms with Crippen LogP contribution in [0.1, 0.15) is 39.7 Å². The minimum absolute atomic E-state index is 0.00747. The lowest BCUT2D eigenvalue weighted by Crippen LogP contribution is -2.51. The van der Waals surface area contributed by atoms with Gasteiger partial charge in [0.15, 0.2) is 0 Å². The first-order valence-electron chi connectivity index (χ1n) is 8.83. The predicted molar refractivity (Wildman–Crippen MR) is 97.6 cm³/mol. The minimum atomic E-state index is -0.510. The average Bonchev–Trinajstić information content (AvgIpc) is 2.54. The number of rotatable bonds is 5. The van der Waals surface area contributed by atoms with Crippen LogP contribution in [-0.4, -0.2) is 53.5 Å². The van der Waals surface area contributed by atoms with Crippen LogP contribution in [-0.2, 0) is 16.1 Å². The van der Waals surface area contributed by atoms with Gasteiger partial charge >= 0.3 is 6.09 Å². The molecule has 0 aliphatic carbocycles. The van der Waals surface area contributed by atoms with Crippen LogP contribution in [0.3, 0.4) is 0 Å². The van der Waals surface area contributed by atoms with Crippen molar-refractivity contribution in [3.63, 3.8) is 0 Å². The summed E-state index contributed by atoms with van der Waals surface area (Å²) in [5.41, 5.74) is 1.26. The molecule has 1 fully saturated rings. The van der Waals surface area contributed by atoms with Crippen LogP contribution in [0.4, 0.5) is 10.5 Å². The Morgan fingerprint density at radius 3 is 2.84 bits per heavy atom. The van der Waals surface area contributed by atoms with Gasteiger partial charge in [0.25, 0.3) is 0 Å². The number of carbonyl (C=O) groups is 1. The van der Waals surface area contributed by atoms with E-state index in [9.17, 15) is 9.90 Å². The maximum Gasteiger partial charge on any atom is 0.410 e. The molecule has 2 unspecified atom stereocenters. The van der Waals surface area contributed by atoms with Crippen LogP contribution in [0, 0.1) is 0 Å². The largest absolute Gasteiger partial charge is 0.444 e. The zero-order chi connectivity index (χ0) is 18.4. The van der Waals surface area contributed by atoms with E-state index in [-0.39, 0.29) is 24.8 Å². The second-order valence-corrected chi connectivity index (χ2v) is 7.50. The topological polar surface area (TPSA) is 71.0 Å². The van der Waals surface area contributed by atoms with Gasteiger partial charge in [0.2, 0.25) is 0 Å². The molecule has 1 aliphatic rings. The van der Waals surface area contributed by atoms with E-state index in [4.69, 9.17) is 9.47 Å². The van der Waals surface area contributed by atoms with Crippen molar-refractivity contribution in [2.45, 2.75) is 58.4 Å². The fourth-order valence-corrected chi connectivity index (χ4v) is 2.94. The van der Waals surface area contributed by atoms with Crippen LogP contribution in [0.5, 0.6) is 0 Å². The maximum atomic E-state index is 12.5. The molecule has 1 saturated heterocycles. The molecule has 6 heteroatoms. The first kappa shape index (κ1) is 19.5. The van der Waals surface area contributed by atoms with E-state index >= 15 is 0 Å². The first-order valence-corrected chi connectivity index (χ1v) is 8.83. The number of anilines is 1. The highest BCUT2D eigenvalue weighted by molar-refractivity contribution is 5.68. The van der Waals surface area contributed by atoms with Gasteiger partial charge in [-0.25, -0.2) is 4.79 Å². The molecular formula is C19H30N2O4.